The van der Waals surface area contributed by atoms with Crippen LogP contribution in [-0.4, -0.2) is 85.1 Å². The van der Waals surface area contributed by atoms with Gasteiger partial charge in [-0.15, -0.1) is 17.8 Å². The van der Waals surface area contributed by atoms with Crippen molar-refractivity contribution < 1.29 is 19.5 Å². The molecule has 0 spiro atoms. The van der Waals surface area contributed by atoms with Gasteiger partial charge in [-0.3, -0.25) is 9.88 Å². The summed E-state index contributed by atoms with van der Waals surface area (Å²) in [5, 5.41) is 10.2. The predicted octanol–water partition coefficient (Wildman–Crippen LogP) is 5.13. The van der Waals surface area contributed by atoms with Crippen LogP contribution in [0.15, 0.2) is 66.4 Å². The van der Waals surface area contributed by atoms with Crippen molar-refractivity contribution in [1.29, 1.82) is 0 Å². The molecule has 0 saturated carbocycles. The largest absolute Gasteiger partial charge is 0.680 e. The molecule has 1 aromatic rings. The molecule has 209 valence electrons. The first kappa shape index (κ1) is 29.4. The number of hydrogen-bond acceptors (Lipinski definition) is 4. The number of hydrogen-bond donors (Lipinski definition) is 0. The van der Waals surface area contributed by atoms with E-state index in [0.29, 0.717) is 12.1 Å². The molecular formula is C31H44N6Rh-2. The van der Waals surface area contributed by atoms with E-state index in [1.165, 1.54) is 25.7 Å². The minimum Gasteiger partial charge on any atom is -0.680 e. The van der Waals surface area contributed by atoms with E-state index in [0.717, 1.165) is 68.2 Å². The maximum Gasteiger partial charge on any atom is 0.0547 e. The Bertz CT molecular complexity index is 991. The molecule has 0 aromatic carbocycles. The third kappa shape index (κ3) is 8.69. The van der Waals surface area contributed by atoms with Crippen LogP contribution in [0.5, 0.6) is 0 Å². The topological polar surface area (TPSA) is 50.8 Å². The summed E-state index contributed by atoms with van der Waals surface area (Å²) >= 11 is 0. The molecule has 38 heavy (non-hydrogen) atoms. The van der Waals surface area contributed by atoms with Crippen molar-refractivity contribution in [2.45, 2.75) is 56.9 Å². The zero-order valence-electron chi connectivity index (χ0n) is 23.2. The molecule has 1 radical (unpaired) electrons. The van der Waals surface area contributed by atoms with Gasteiger partial charge >= 0.3 is 0 Å². The van der Waals surface area contributed by atoms with Crippen LogP contribution in [-0.2, 0) is 32.6 Å². The Morgan fingerprint density at radius 1 is 0.763 bits per heavy atom. The minimum absolute atomic E-state index is 0. The molecule has 6 rings (SSSR count). The van der Waals surface area contributed by atoms with Crippen LogP contribution in [0.3, 0.4) is 0 Å². The number of rotatable bonds is 0. The molecule has 3 aliphatic heterocycles. The average Bonchev–Trinajstić information content (AvgIpc) is 3.51. The number of fused-ring (bicyclic) bond motifs is 8. The van der Waals surface area contributed by atoms with E-state index in [1.54, 1.807) is 0 Å². The normalized spacial score (nSPS) is 31.8. The molecule has 3 atom stereocenters. The smallest absolute Gasteiger partial charge is 0.0547 e. The van der Waals surface area contributed by atoms with Crippen molar-refractivity contribution in [1.82, 2.24) is 19.7 Å². The number of piperidine rings is 1. The Balaban J connectivity index is 0.000000359. The van der Waals surface area contributed by atoms with E-state index in [-0.39, 0.29) is 25.5 Å². The summed E-state index contributed by atoms with van der Waals surface area (Å²) in [6.07, 6.45) is 20.8. The molecule has 1 fully saturated rings. The molecule has 0 amide bonds. The van der Waals surface area contributed by atoms with Gasteiger partial charge in [0.05, 0.1) is 11.4 Å². The SMILES string of the molecule is C1=CC2C=CC1C2.CN1CC2=CC=CC(CN(C)CC3CCCC(CN(C)Cc4cccc(n4)C1)[N-]3)[N-]2.[Rh]. The van der Waals surface area contributed by atoms with E-state index in [4.69, 9.17) is 15.6 Å². The van der Waals surface area contributed by atoms with Crippen molar-refractivity contribution >= 4 is 0 Å². The summed E-state index contributed by atoms with van der Waals surface area (Å²) in [4.78, 5) is 12.0. The van der Waals surface area contributed by atoms with Gasteiger partial charge in [-0.05, 0) is 71.2 Å². The second-order valence-electron chi connectivity index (χ2n) is 11.7. The molecule has 7 heteroatoms. The summed E-state index contributed by atoms with van der Waals surface area (Å²) in [5.74, 6) is 1.62. The quantitative estimate of drug-likeness (QED) is 0.305. The summed E-state index contributed by atoms with van der Waals surface area (Å²) in [6.45, 7) is 5.55. The molecule has 1 aromatic heterocycles. The summed E-state index contributed by atoms with van der Waals surface area (Å²) < 4.78 is 0. The van der Waals surface area contributed by atoms with E-state index in [9.17, 15) is 0 Å². The van der Waals surface area contributed by atoms with Crippen LogP contribution in [0, 0.1) is 11.8 Å². The first-order valence-electron chi connectivity index (χ1n) is 14.1. The Labute approximate surface area is 243 Å². The van der Waals surface area contributed by atoms with Gasteiger partial charge in [0.1, 0.15) is 0 Å². The number of pyridine rings is 1. The van der Waals surface area contributed by atoms with Gasteiger partial charge in [0.2, 0.25) is 0 Å². The van der Waals surface area contributed by atoms with Crippen molar-refractivity contribution in [3.05, 3.63) is 88.4 Å². The number of allylic oxidation sites excluding steroid dienone is 6. The van der Waals surface area contributed by atoms with Gasteiger partial charge in [0.25, 0.3) is 0 Å². The van der Waals surface area contributed by atoms with Crippen LogP contribution in [0.2, 0.25) is 0 Å². The standard InChI is InChI=1S/C24H36N6.C7H8.Rh/c1-28-13-19-7-4-9-21(25-19)15-29(2)17-23-11-6-12-24(27-23)18-30(3)16-22-10-5-8-20(14-28)26-22;1-2-7-4-3-6(1)5-7;/h4-5,7-10,21,23-24H,6,11-18H2,1-3H3;1-4,6-7H,5H2;/q-2;;. The Morgan fingerprint density at radius 3 is 2.03 bits per heavy atom. The Morgan fingerprint density at radius 2 is 1.39 bits per heavy atom. The fourth-order valence-electron chi connectivity index (χ4n) is 6.20. The molecular weight excluding hydrogens is 559 g/mol. The van der Waals surface area contributed by atoms with Gasteiger partial charge in [-0.25, -0.2) is 0 Å². The second kappa shape index (κ2) is 14.1. The monoisotopic (exact) mass is 603 g/mol. The van der Waals surface area contributed by atoms with Crippen LogP contribution >= 0.6 is 0 Å². The minimum atomic E-state index is 0. The number of nitrogens with zero attached hydrogens (tertiary/aromatic N) is 6. The van der Waals surface area contributed by atoms with Crippen molar-refractivity contribution in [2.75, 3.05) is 47.3 Å². The fraction of sp³-hybridized carbons (Fsp3) is 0.581. The predicted molar refractivity (Wildman–Crippen MR) is 153 cm³/mol. The van der Waals surface area contributed by atoms with Crippen LogP contribution in [0.1, 0.15) is 37.1 Å². The Kier molecular flexibility index (Phi) is 10.9. The molecule has 3 unspecified atom stereocenters. The van der Waals surface area contributed by atoms with Gasteiger partial charge < -0.3 is 20.4 Å². The van der Waals surface area contributed by atoms with Gasteiger partial charge in [0.15, 0.2) is 0 Å². The average molecular weight is 604 g/mol. The molecule has 0 N–H and O–H groups in total. The summed E-state index contributed by atoms with van der Waals surface area (Å²) in [5.41, 5.74) is 3.41. The van der Waals surface area contributed by atoms with E-state index in [1.807, 2.05) is 0 Å². The van der Waals surface area contributed by atoms with Gasteiger partial charge in [0, 0.05) is 39.1 Å². The molecule has 2 aliphatic carbocycles. The first-order chi connectivity index (χ1) is 18.0. The molecule has 1 saturated heterocycles. The van der Waals surface area contributed by atoms with E-state index >= 15 is 0 Å². The number of likely N-dealkylation sites (N-methyl/N-ethyl adjacent to an activating group) is 3. The van der Waals surface area contributed by atoms with Crippen LogP contribution in [0.25, 0.3) is 10.6 Å². The molecule has 4 heterocycles. The fourth-order valence-corrected chi connectivity index (χ4v) is 6.20. The molecule has 6 nitrogen and oxygen atoms in total. The zero-order chi connectivity index (χ0) is 25.6. The van der Waals surface area contributed by atoms with Crippen LogP contribution in [0.4, 0.5) is 0 Å². The van der Waals surface area contributed by atoms with Crippen molar-refractivity contribution in [3.63, 3.8) is 0 Å². The Hall–Kier alpha value is -1.63. The maximum absolute atomic E-state index is 5.20. The van der Waals surface area contributed by atoms with E-state index < -0.39 is 0 Å². The van der Waals surface area contributed by atoms with Crippen molar-refractivity contribution in [2.24, 2.45) is 11.8 Å². The third-order valence-corrected chi connectivity index (χ3v) is 7.91. The first-order valence-corrected chi connectivity index (χ1v) is 14.1. The maximum atomic E-state index is 5.20. The zero-order valence-corrected chi connectivity index (χ0v) is 24.9. The van der Waals surface area contributed by atoms with Crippen molar-refractivity contribution in [3.8, 4) is 0 Å². The number of aromatic nitrogens is 1. The summed E-state index contributed by atoms with van der Waals surface area (Å²) in [6, 6.07) is 7.51. The van der Waals surface area contributed by atoms with Gasteiger partial charge in [-0.1, -0.05) is 73.9 Å². The second-order valence-corrected chi connectivity index (χ2v) is 11.7. The van der Waals surface area contributed by atoms with E-state index in [2.05, 4.69) is 96.6 Å². The summed E-state index contributed by atoms with van der Waals surface area (Å²) in [7, 11) is 6.57. The van der Waals surface area contributed by atoms with Crippen LogP contribution < -0.4 is 0 Å². The van der Waals surface area contributed by atoms with Gasteiger partial charge in [-0.2, -0.15) is 0 Å². The molecule has 8 bridgehead atoms. The molecule has 5 aliphatic rings. The third-order valence-electron chi connectivity index (χ3n) is 7.91.